The Balaban J connectivity index is 1.73. The summed E-state index contributed by atoms with van der Waals surface area (Å²) in [6, 6.07) is 11.8. The molecule has 160 valence electrons. The molecule has 7 nitrogen and oxygen atoms in total. The Labute approximate surface area is 175 Å². The van der Waals surface area contributed by atoms with Crippen molar-refractivity contribution in [2.45, 2.75) is 26.4 Å². The molecule has 0 unspecified atom stereocenters. The second kappa shape index (κ2) is 8.13. The molecule has 2 heterocycles. The highest BCUT2D eigenvalue weighted by Crippen LogP contribution is 2.28. The van der Waals surface area contributed by atoms with Crippen LogP contribution in [0, 0.1) is 5.82 Å². The lowest BCUT2D eigenvalue weighted by atomic mass is 10.2. The first kappa shape index (κ1) is 20.5. The Morgan fingerprint density at radius 1 is 1.00 bits per heavy atom. The fraction of sp³-hybridized carbons (Fsp3) is 0.190. The third-order valence-electron chi connectivity index (χ3n) is 4.46. The molecule has 0 bridgehead atoms. The van der Waals surface area contributed by atoms with E-state index in [4.69, 9.17) is 5.73 Å². The van der Waals surface area contributed by atoms with Gasteiger partial charge in [0.25, 0.3) is 0 Å². The van der Waals surface area contributed by atoms with Gasteiger partial charge in [-0.25, -0.2) is 9.37 Å². The zero-order valence-corrected chi connectivity index (χ0v) is 16.7. The van der Waals surface area contributed by atoms with Gasteiger partial charge in [0.1, 0.15) is 29.0 Å². The fourth-order valence-electron chi connectivity index (χ4n) is 3.17. The first-order valence-electron chi connectivity index (χ1n) is 9.45. The summed E-state index contributed by atoms with van der Waals surface area (Å²) >= 11 is 0. The summed E-state index contributed by atoms with van der Waals surface area (Å²) in [6.07, 6.45) is 0. The van der Waals surface area contributed by atoms with Gasteiger partial charge in [0, 0.05) is 23.7 Å². The van der Waals surface area contributed by atoms with Crippen LogP contribution in [-0.4, -0.2) is 26.1 Å². The maximum atomic E-state index is 13.9. The summed E-state index contributed by atoms with van der Waals surface area (Å²) in [7, 11) is 0. The quantitative estimate of drug-likeness (QED) is 0.449. The number of aromatic nitrogens is 4. The summed E-state index contributed by atoms with van der Waals surface area (Å²) in [5, 5.41) is 2.98. The molecule has 4 aromatic rings. The number of ether oxygens (including phenoxy) is 1. The van der Waals surface area contributed by atoms with Crippen molar-refractivity contribution >= 4 is 28.5 Å². The number of nitrogens with zero attached hydrogens (tertiary/aromatic N) is 4. The second-order valence-electron chi connectivity index (χ2n) is 7.10. The van der Waals surface area contributed by atoms with Crippen LogP contribution in [0.25, 0.3) is 16.9 Å². The third-order valence-corrected chi connectivity index (χ3v) is 4.46. The van der Waals surface area contributed by atoms with Gasteiger partial charge < -0.3 is 15.8 Å². The Hall–Kier alpha value is -3.82. The maximum Gasteiger partial charge on any atom is 0.387 e. The molecule has 0 atom stereocenters. The minimum atomic E-state index is -2.90. The number of nitrogen functional groups attached to an aromatic ring is 1. The molecule has 2 aromatic heterocycles. The molecule has 0 saturated heterocycles. The molecule has 0 radical (unpaired) electrons. The van der Waals surface area contributed by atoms with Crippen molar-refractivity contribution in [2.24, 2.45) is 0 Å². The van der Waals surface area contributed by atoms with Gasteiger partial charge >= 0.3 is 6.61 Å². The van der Waals surface area contributed by atoms with Crippen molar-refractivity contribution in [1.29, 1.82) is 0 Å². The third kappa shape index (κ3) is 4.37. The number of anilines is 3. The van der Waals surface area contributed by atoms with Gasteiger partial charge in [-0.1, -0.05) is 13.8 Å². The van der Waals surface area contributed by atoms with E-state index in [0.717, 1.165) is 0 Å². The van der Waals surface area contributed by atoms with E-state index in [1.165, 1.54) is 24.3 Å². The zero-order valence-electron chi connectivity index (χ0n) is 16.7. The predicted molar refractivity (Wildman–Crippen MR) is 111 cm³/mol. The summed E-state index contributed by atoms with van der Waals surface area (Å²) in [5.74, 6) is 1.16. The molecule has 0 fully saturated rings. The lowest BCUT2D eigenvalue weighted by Crippen LogP contribution is -2.09. The molecule has 4 rings (SSSR count). The number of imidazole rings is 1. The average molecular weight is 428 g/mol. The molecular formula is C21H19F3N6O. The number of fused-ring (bicyclic) bond motifs is 1. The minimum Gasteiger partial charge on any atom is -0.435 e. The first-order valence-corrected chi connectivity index (χ1v) is 9.45. The SMILES string of the molecule is CC(C)c1nc2ccc(F)cc2n1-c1cc(N)nc(Nc2ccc(OC(F)F)cc2)n1. The van der Waals surface area contributed by atoms with E-state index < -0.39 is 12.4 Å². The predicted octanol–water partition coefficient (Wildman–Crippen LogP) is 5.01. The first-order chi connectivity index (χ1) is 14.8. The highest BCUT2D eigenvalue weighted by molar-refractivity contribution is 5.78. The normalized spacial score (nSPS) is 11.5. The van der Waals surface area contributed by atoms with Crippen molar-refractivity contribution < 1.29 is 17.9 Å². The van der Waals surface area contributed by atoms with Crippen molar-refractivity contribution in [3.63, 3.8) is 0 Å². The fourth-order valence-corrected chi connectivity index (χ4v) is 3.17. The Kier molecular flexibility index (Phi) is 5.37. The number of halogens is 3. The van der Waals surface area contributed by atoms with Gasteiger partial charge in [-0.15, -0.1) is 0 Å². The van der Waals surface area contributed by atoms with Crippen LogP contribution in [0.3, 0.4) is 0 Å². The summed E-state index contributed by atoms with van der Waals surface area (Å²) in [6.45, 7) is 1.05. The van der Waals surface area contributed by atoms with Crippen LogP contribution >= 0.6 is 0 Å². The number of nitrogens with one attached hydrogen (secondary N) is 1. The molecule has 0 aliphatic heterocycles. The monoisotopic (exact) mass is 428 g/mol. The van der Waals surface area contributed by atoms with Crippen LogP contribution in [-0.2, 0) is 0 Å². The van der Waals surface area contributed by atoms with Gasteiger partial charge in [-0.3, -0.25) is 4.57 Å². The van der Waals surface area contributed by atoms with E-state index >= 15 is 0 Å². The van der Waals surface area contributed by atoms with Gasteiger partial charge in [-0.05, 0) is 36.4 Å². The van der Waals surface area contributed by atoms with Gasteiger partial charge in [0.15, 0.2) is 0 Å². The second-order valence-corrected chi connectivity index (χ2v) is 7.10. The van der Waals surface area contributed by atoms with Crippen LogP contribution in [0.1, 0.15) is 25.6 Å². The van der Waals surface area contributed by atoms with Crippen molar-refractivity contribution in [3.05, 3.63) is 60.2 Å². The Morgan fingerprint density at radius 3 is 2.42 bits per heavy atom. The molecule has 0 aliphatic carbocycles. The lowest BCUT2D eigenvalue weighted by molar-refractivity contribution is -0.0498. The Morgan fingerprint density at radius 2 is 1.74 bits per heavy atom. The van der Waals surface area contributed by atoms with Gasteiger partial charge in [-0.2, -0.15) is 18.7 Å². The van der Waals surface area contributed by atoms with Gasteiger partial charge in [0.05, 0.1) is 11.0 Å². The van der Waals surface area contributed by atoms with Crippen LogP contribution in [0.4, 0.5) is 30.6 Å². The van der Waals surface area contributed by atoms with E-state index in [0.29, 0.717) is 28.4 Å². The number of alkyl halides is 2. The molecule has 0 amide bonds. The minimum absolute atomic E-state index is 0.0308. The number of hydrogen-bond acceptors (Lipinski definition) is 6. The van der Waals surface area contributed by atoms with Crippen LogP contribution in [0.15, 0.2) is 48.5 Å². The summed E-state index contributed by atoms with van der Waals surface area (Å²) < 4.78 is 44.6. The topological polar surface area (TPSA) is 90.9 Å². The van der Waals surface area contributed by atoms with Gasteiger partial charge in [0.2, 0.25) is 5.95 Å². The van der Waals surface area contributed by atoms with E-state index in [-0.39, 0.29) is 23.4 Å². The van der Waals surface area contributed by atoms with Crippen LogP contribution in [0.5, 0.6) is 5.75 Å². The van der Waals surface area contributed by atoms with E-state index in [1.54, 1.807) is 28.8 Å². The molecule has 0 spiro atoms. The molecule has 10 heteroatoms. The molecule has 3 N–H and O–H groups in total. The number of rotatable bonds is 6. The number of hydrogen-bond donors (Lipinski definition) is 2. The van der Waals surface area contributed by atoms with Crippen molar-refractivity contribution in [3.8, 4) is 11.6 Å². The van der Waals surface area contributed by atoms with E-state index in [2.05, 4.69) is 25.0 Å². The molecule has 0 aliphatic rings. The molecular weight excluding hydrogens is 409 g/mol. The number of nitrogens with two attached hydrogens (primary N) is 1. The zero-order chi connectivity index (χ0) is 22.1. The van der Waals surface area contributed by atoms with E-state index in [9.17, 15) is 13.2 Å². The largest absolute Gasteiger partial charge is 0.435 e. The summed E-state index contributed by atoms with van der Waals surface area (Å²) in [5.41, 5.74) is 7.73. The lowest BCUT2D eigenvalue weighted by Gasteiger charge is -2.13. The standard InChI is InChI=1S/C21H19F3N6O/c1-11(2)19-27-15-8-3-12(22)9-16(15)30(19)18-10-17(25)28-21(29-18)26-13-4-6-14(7-5-13)31-20(23)24/h3-11,20H,1-2H3,(H3,25,26,28,29). The smallest absolute Gasteiger partial charge is 0.387 e. The maximum absolute atomic E-state index is 13.9. The Bertz CT molecular complexity index is 1220. The van der Waals surface area contributed by atoms with Crippen LogP contribution < -0.4 is 15.8 Å². The van der Waals surface area contributed by atoms with Crippen molar-refractivity contribution in [2.75, 3.05) is 11.1 Å². The van der Waals surface area contributed by atoms with E-state index in [1.807, 2.05) is 13.8 Å². The molecule has 31 heavy (non-hydrogen) atoms. The average Bonchev–Trinajstić information content (AvgIpc) is 3.07. The highest BCUT2D eigenvalue weighted by Gasteiger charge is 2.18. The van der Waals surface area contributed by atoms with Crippen molar-refractivity contribution in [1.82, 2.24) is 19.5 Å². The molecule has 0 saturated carbocycles. The highest BCUT2D eigenvalue weighted by atomic mass is 19.3. The molecule has 2 aromatic carbocycles. The van der Waals surface area contributed by atoms with Crippen LogP contribution in [0.2, 0.25) is 0 Å². The number of benzene rings is 2. The summed E-state index contributed by atoms with van der Waals surface area (Å²) in [4.78, 5) is 13.3.